The number of aldehydes is 1. The number of rotatable bonds is 4. The van der Waals surface area contributed by atoms with E-state index in [1.165, 1.54) is 6.33 Å². The summed E-state index contributed by atoms with van der Waals surface area (Å²) in [5.74, 6) is 0.425. The van der Waals surface area contributed by atoms with Gasteiger partial charge in [-0.05, 0) is 24.6 Å². The van der Waals surface area contributed by atoms with Gasteiger partial charge in [-0.1, -0.05) is 11.6 Å². The fraction of sp³-hybridized carbons (Fsp3) is 0.167. The number of nitrogens with zero attached hydrogens (tertiary/aromatic N) is 3. The molecule has 0 spiro atoms. The Morgan fingerprint density at radius 2 is 2.06 bits per heavy atom. The second-order valence-electron chi connectivity index (χ2n) is 3.69. The molecule has 0 aliphatic heterocycles. The zero-order valence-corrected chi connectivity index (χ0v) is 10.4. The van der Waals surface area contributed by atoms with Crippen LogP contribution < -0.4 is 5.32 Å². The zero-order valence-electron chi connectivity index (χ0n) is 9.67. The van der Waals surface area contributed by atoms with Gasteiger partial charge >= 0.3 is 0 Å². The summed E-state index contributed by atoms with van der Waals surface area (Å²) in [5.41, 5.74) is 1.30. The van der Waals surface area contributed by atoms with Gasteiger partial charge in [0.15, 0.2) is 6.29 Å². The van der Waals surface area contributed by atoms with Gasteiger partial charge in [-0.25, -0.2) is 9.97 Å². The molecule has 2 heterocycles. The number of carbonyl (C=O) groups is 1. The Kier molecular flexibility index (Phi) is 3.84. The van der Waals surface area contributed by atoms with Crippen LogP contribution in [0, 0.1) is 0 Å². The van der Waals surface area contributed by atoms with E-state index in [1.54, 1.807) is 12.4 Å². The molecule has 6 heteroatoms. The Balaban J connectivity index is 2.25. The SMILES string of the molecule is CC(Nc1ncnc(Cl)c1C=O)c1ccncc1. The number of hydrogen-bond donors (Lipinski definition) is 1. The van der Waals surface area contributed by atoms with E-state index >= 15 is 0 Å². The quantitative estimate of drug-likeness (QED) is 0.677. The lowest BCUT2D eigenvalue weighted by Crippen LogP contribution is -2.10. The van der Waals surface area contributed by atoms with Crippen molar-refractivity contribution in [3.8, 4) is 0 Å². The van der Waals surface area contributed by atoms with Gasteiger partial charge in [0.1, 0.15) is 17.3 Å². The van der Waals surface area contributed by atoms with E-state index in [9.17, 15) is 4.79 Å². The van der Waals surface area contributed by atoms with Crippen LogP contribution in [0.4, 0.5) is 5.82 Å². The summed E-state index contributed by atoms with van der Waals surface area (Å²) in [5, 5.41) is 3.27. The summed E-state index contributed by atoms with van der Waals surface area (Å²) in [6, 6.07) is 3.76. The third-order valence-corrected chi connectivity index (χ3v) is 2.81. The third kappa shape index (κ3) is 2.62. The molecule has 0 aliphatic rings. The Bertz CT molecular complexity index is 547. The van der Waals surface area contributed by atoms with E-state index in [0.717, 1.165) is 5.56 Å². The Labute approximate surface area is 109 Å². The third-order valence-electron chi connectivity index (χ3n) is 2.51. The average Bonchev–Trinajstić information content (AvgIpc) is 2.40. The molecule has 2 rings (SSSR count). The lowest BCUT2D eigenvalue weighted by atomic mass is 10.1. The highest BCUT2D eigenvalue weighted by molar-refractivity contribution is 6.32. The van der Waals surface area contributed by atoms with Crippen LogP contribution in [0.15, 0.2) is 30.9 Å². The molecule has 0 saturated carbocycles. The lowest BCUT2D eigenvalue weighted by molar-refractivity contribution is 0.112. The van der Waals surface area contributed by atoms with E-state index in [-0.39, 0.29) is 16.8 Å². The highest BCUT2D eigenvalue weighted by atomic mass is 35.5. The van der Waals surface area contributed by atoms with Crippen LogP contribution in [0.25, 0.3) is 0 Å². The van der Waals surface area contributed by atoms with Crippen LogP contribution in [0.2, 0.25) is 5.15 Å². The van der Waals surface area contributed by atoms with E-state index in [2.05, 4.69) is 20.3 Å². The molecule has 1 atom stereocenters. The predicted octanol–water partition coefficient (Wildman–Crippen LogP) is 2.51. The molecule has 2 aromatic heterocycles. The van der Waals surface area contributed by atoms with Crippen molar-refractivity contribution < 1.29 is 4.79 Å². The molecule has 1 N–H and O–H groups in total. The minimum Gasteiger partial charge on any atom is -0.363 e. The fourth-order valence-corrected chi connectivity index (χ4v) is 1.71. The molecule has 92 valence electrons. The second-order valence-corrected chi connectivity index (χ2v) is 4.05. The summed E-state index contributed by atoms with van der Waals surface area (Å²) in [6.07, 6.45) is 5.38. The Morgan fingerprint density at radius 1 is 1.33 bits per heavy atom. The topological polar surface area (TPSA) is 67.8 Å². The Hall–Kier alpha value is -2.01. The minimum absolute atomic E-state index is 0.0160. The maximum absolute atomic E-state index is 11.0. The molecule has 0 aliphatic carbocycles. The molecule has 0 aromatic carbocycles. The van der Waals surface area contributed by atoms with Crippen molar-refractivity contribution in [2.45, 2.75) is 13.0 Å². The molecule has 0 amide bonds. The first-order chi connectivity index (χ1) is 8.72. The van der Waals surface area contributed by atoms with E-state index in [4.69, 9.17) is 11.6 Å². The molecule has 2 aromatic rings. The molecule has 0 radical (unpaired) electrons. The second kappa shape index (κ2) is 5.55. The van der Waals surface area contributed by atoms with Crippen molar-refractivity contribution in [3.63, 3.8) is 0 Å². The number of hydrogen-bond acceptors (Lipinski definition) is 5. The molecule has 0 fully saturated rings. The van der Waals surface area contributed by atoms with Crippen molar-refractivity contribution in [3.05, 3.63) is 47.1 Å². The standard InChI is InChI=1S/C12H11ClN4O/c1-8(9-2-4-14-5-3-9)17-12-10(6-18)11(13)15-7-16-12/h2-8H,1H3,(H,15,16,17). The van der Waals surface area contributed by atoms with E-state index in [0.29, 0.717) is 12.1 Å². The maximum Gasteiger partial charge on any atom is 0.156 e. The fourth-order valence-electron chi connectivity index (χ4n) is 1.53. The molecule has 18 heavy (non-hydrogen) atoms. The predicted molar refractivity (Wildman–Crippen MR) is 68.7 cm³/mol. The van der Waals surface area contributed by atoms with Gasteiger partial charge in [0.25, 0.3) is 0 Å². The summed E-state index contributed by atoms with van der Waals surface area (Å²) in [4.78, 5) is 22.7. The van der Waals surface area contributed by atoms with Crippen LogP contribution in [-0.2, 0) is 0 Å². The number of nitrogens with one attached hydrogen (secondary N) is 1. The first-order valence-electron chi connectivity index (χ1n) is 5.34. The smallest absolute Gasteiger partial charge is 0.156 e. The molecule has 0 saturated heterocycles. The van der Waals surface area contributed by atoms with Gasteiger partial charge in [-0.3, -0.25) is 9.78 Å². The van der Waals surface area contributed by atoms with Gasteiger partial charge in [0.05, 0.1) is 11.6 Å². The molecule has 0 bridgehead atoms. The van der Waals surface area contributed by atoms with Crippen LogP contribution in [0.3, 0.4) is 0 Å². The van der Waals surface area contributed by atoms with Crippen LogP contribution >= 0.6 is 11.6 Å². The van der Waals surface area contributed by atoms with Crippen molar-refractivity contribution in [1.29, 1.82) is 0 Å². The van der Waals surface area contributed by atoms with Crippen molar-refractivity contribution >= 4 is 23.7 Å². The number of pyridine rings is 1. The van der Waals surface area contributed by atoms with E-state index in [1.807, 2.05) is 19.1 Å². The zero-order chi connectivity index (χ0) is 13.0. The highest BCUT2D eigenvalue weighted by Gasteiger charge is 2.12. The first kappa shape index (κ1) is 12.4. The maximum atomic E-state index is 11.0. The normalized spacial score (nSPS) is 11.9. The minimum atomic E-state index is -0.0160. The summed E-state index contributed by atoms with van der Waals surface area (Å²) in [7, 11) is 0. The van der Waals surface area contributed by atoms with Crippen molar-refractivity contribution in [1.82, 2.24) is 15.0 Å². The van der Waals surface area contributed by atoms with Crippen molar-refractivity contribution in [2.75, 3.05) is 5.32 Å². The van der Waals surface area contributed by atoms with Crippen LogP contribution in [-0.4, -0.2) is 21.2 Å². The number of anilines is 1. The van der Waals surface area contributed by atoms with Gasteiger partial charge in [-0.15, -0.1) is 0 Å². The molecular formula is C12H11ClN4O. The average molecular weight is 263 g/mol. The molecule has 5 nitrogen and oxygen atoms in total. The number of halogens is 1. The molecule has 1 unspecified atom stereocenters. The largest absolute Gasteiger partial charge is 0.363 e. The Morgan fingerprint density at radius 3 is 2.72 bits per heavy atom. The van der Waals surface area contributed by atoms with Crippen LogP contribution in [0.5, 0.6) is 0 Å². The van der Waals surface area contributed by atoms with Gasteiger partial charge < -0.3 is 5.32 Å². The molecular weight excluding hydrogens is 252 g/mol. The monoisotopic (exact) mass is 262 g/mol. The number of carbonyl (C=O) groups excluding carboxylic acids is 1. The van der Waals surface area contributed by atoms with Gasteiger partial charge in [-0.2, -0.15) is 0 Å². The summed E-state index contributed by atoms with van der Waals surface area (Å²) >= 11 is 5.83. The number of aromatic nitrogens is 3. The van der Waals surface area contributed by atoms with Gasteiger partial charge in [0, 0.05) is 12.4 Å². The van der Waals surface area contributed by atoms with Crippen molar-refractivity contribution in [2.24, 2.45) is 0 Å². The van der Waals surface area contributed by atoms with E-state index < -0.39 is 0 Å². The lowest BCUT2D eigenvalue weighted by Gasteiger charge is -2.15. The first-order valence-corrected chi connectivity index (χ1v) is 5.72. The highest BCUT2D eigenvalue weighted by Crippen LogP contribution is 2.22. The summed E-state index contributed by atoms with van der Waals surface area (Å²) in [6.45, 7) is 1.96. The van der Waals surface area contributed by atoms with Gasteiger partial charge in [0.2, 0.25) is 0 Å². The summed E-state index contributed by atoms with van der Waals surface area (Å²) < 4.78 is 0. The van der Waals surface area contributed by atoms with Crippen LogP contribution in [0.1, 0.15) is 28.9 Å².